The van der Waals surface area contributed by atoms with Gasteiger partial charge in [0.25, 0.3) is 10.0 Å². The molecule has 0 spiro atoms. The Balaban J connectivity index is 1.91. The van der Waals surface area contributed by atoms with Crippen LogP contribution in [0.2, 0.25) is 15.1 Å². The van der Waals surface area contributed by atoms with Gasteiger partial charge in [0.15, 0.2) is 5.75 Å². The Morgan fingerprint density at radius 3 is 1.86 bits per heavy atom. The molecule has 5 aromatic rings. The molecule has 0 saturated heterocycles. The fourth-order valence-electron chi connectivity index (χ4n) is 4.94. The van der Waals surface area contributed by atoms with Gasteiger partial charge in [0.1, 0.15) is 0 Å². The van der Waals surface area contributed by atoms with Crippen LogP contribution < -0.4 is 9.62 Å². The van der Waals surface area contributed by atoms with Crippen LogP contribution in [0.3, 0.4) is 0 Å². The van der Waals surface area contributed by atoms with Crippen LogP contribution in [0.4, 0.5) is 22.7 Å². The summed E-state index contributed by atoms with van der Waals surface area (Å²) in [5.74, 6) is -0.329. The average molecular weight is 654 g/mol. The zero-order chi connectivity index (χ0) is 31.3. The first-order chi connectivity index (χ1) is 20.2. The van der Waals surface area contributed by atoms with E-state index >= 15 is 0 Å². The highest BCUT2D eigenvalue weighted by molar-refractivity contribution is 7.93. The van der Waals surface area contributed by atoms with Crippen molar-refractivity contribution in [2.45, 2.75) is 44.9 Å². The molecule has 0 fully saturated rings. The number of aromatic hydroxyl groups is 1. The summed E-state index contributed by atoms with van der Waals surface area (Å²) >= 11 is 19.3. The van der Waals surface area contributed by atoms with Gasteiger partial charge in [-0.05, 0) is 79.4 Å². The fourth-order valence-corrected chi connectivity index (χ4v) is 7.10. The van der Waals surface area contributed by atoms with Crippen LogP contribution in [0.15, 0.2) is 89.8 Å². The van der Waals surface area contributed by atoms with Gasteiger partial charge in [-0.15, -0.1) is 0 Å². The van der Waals surface area contributed by atoms with Crippen LogP contribution in [-0.2, 0) is 15.4 Å². The summed E-state index contributed by atoms with van der Waals surface area (Å²) in [4.78, 5) is 0.0854. The first-order valence-electron chi connectivity index (χ1n) is 13.6. The molecule has 0 saturated carbocycles. The molecule has 43 heavy (non-hydrogen) atoms. The highest BCUT2D eigenvalue weighted by Crippen LogP contribution is 2.49. The van der Waals surface area contributed by atoms with Gasteiger partial charge in [-0.3, -0.25) is 0 Å². The number of nitrogens with zero attached hydrogens (tertiary/aromatic N) is 1. The smallest absolute Gasteiger partial charge is 0.268 e. The number of rotatable bonds is 6. The van der Waals surface area contributed by atoms with Crippen LogP contribution in [0.5, 0.6) is 5.75 Å². The third-order valence-corrected chi connectivity index (χ3v) is 9.76. The highest BCUT2D eigenvalue weighted by Gasteiger charge is 2.34. The first kappa shape index (κ1) is 31.0. The Morgan fingerprint density at radius 1 is 0.744 bits per heavy atom. The topological polar surface area (TPSA) is 69.6 Å². The standard InChI is InChI=1S/C34H31Cl3N2O3S/c1-20-6-11-23(12-7-20)38-31-19-28(34(3,4)5)32(26-15-10-22(35)16-27(26)31)39(24-17-29(36)33(40)30(37)18-24)43(41,42)25-13-8-21(2)9-14-25/h6-19,38,40H,1-5H3. The van der Waals surface area contributed by atoms with Gasteiger partial charge in [0.2, 0.25) is 0 Å². The molecule has 0 atom stereocenters. The van der Waals surface area contributed by atoms with Gasteiger partial charge in [-0.25, -0.2) is 12.7 Å². The molecule has 9 heteroatoms. The zero-order valence-corrected chi connectivity index (χ0v) is 27.4. The second-order valence-corrected chi connectivity index (χ2v) is 14.6. The SMILES string of the molecule is Cc1ccc(Nc2cc(C(C)(C)C)c(N(c3cc(Cl)c(O)c(Cl)c3)S(=O)(=O)c3ccc(C)cc3)c3ccc(Cl)cc23)cc1. The second-order valence-electron chi connectivity index (χ2n) is 11.6. The van der Waals surface area contributed by atoms with Crippen molar-refractivity contribution < 1.29 is 13.5 Å². The number of fused-ring (bicyclic) bond motifs is 1. The van der Waals surface area contributed by atoms with Crippen molar-refractivity contribution >= 4 is 78.3 Å². The number of anilines is 4. The molecule has 222 valence electrons. The lowest BCUT2D eigenvalue weighted by atomic mass is 9.83. The summed E-state index contributed by atoms with van der Waals surface area (Å²) in [6.07, 6.45) is 0. The maximum atomic E-state index is 14.7. The first-order valence-corrected chi connectivity index (χ1v) is 16.1. The van der Waals surface area contributed by atoms with E-state index in [2.05, 4.69) is 5.32 Å². The number of sulfonamides is 1. The maximum absolute atomic E-state index is 14.7. The summed E-state index contributed by atoms with van der Waals surface area (Å²) < 4.78 is 30.6. The summed E-state index contributed by atoms with van der Waals surface area (Å²) in [7, 11) is -4.25. The van der Waals surface area contributed by atoms with Crippen molar-refractivity contribution in [1.29, 1.82) is 0 Å². The van der Waals surface area contributed by atoms with Gasteiger partial charge >= 0.3 is 0 Å². The Bertz CT molecular complexity index is 1930. The lowest BCUT2D eigenvalue weighted by Crippen LogP contribution is -2.29. The molecular formula is C34H31Cl3N2O3S. The third kappa shape index (κ3) is 6.16. The van der Waals surface area contributed by atoms with Crippen LogP contribution in [-0.4, -0.2) is 13.5 Å². The molecular weight excluding hydrogens is 623 g/mol. The third-order valence-electron chi connectivity index (χ3n) is 7.21. The Kier molecular flexibility index (Phi) is 8.36. The lowest BCUT2D eigenvalue weighted by molar-refractivity contribution is 0.476. The molecule has 0 aliphatic heterocycles. The highest BCUT2D eigenvalue weighted by atomic mass is 35.5. The molecule has 5 rings (SSSR count). The Hall–Kier alpha value is -3.42. The van der Waals surface area contributed by atoms with E-state index in [0.717, 1.165) is 33.5 Å². The maximum Gasteiger partial charge on any atom is 0.268 e. The number of hydrogen-bond acceptors (Lipinski definition) is 4. The number of hydrogen-bond donors (Lipinski definition) is 2. The van der Waals surface area contributed by atoms with Gasteiger partial charge in [0, 0.05) is 27.2 Å². The van der Waals surface area contributed by atoms with Crippen molar-refractivity contribution in [3.05, 3.63) is 117 Å². The molecule has 5 aromatic carbocycles. The van der Waals surface area contributed by atoms with E-state index in [0.29, 0.717) is 16.1 Å². The average Bonchev–Trinajstić information content (AvgIpc) is 2.93. The zero-order valence-electron chi connectivity index (χ0n) is 24.3. The number of phenolic OH excluding ortho intramolecular Hbond substituents is 1. The summed E-state index contributed by atoms with van der Waals surface area (Å²) in [6, 6.07) is 24.8. The largest absolute Gasteiger partial charge is 0.505 e. The Labute approximate surface area is 267 Å². The minimum Gasteiger partial charge on any atom is -0.505 e. The van der Waals surface area contributed by atoms with E-state index in [-0.39, 0.29) is 26.4 Å². The van der Waals surface area contributed by atoms with E-state index < -0.39 is 15.4 Å². The van der Waals surface area contributed by atoms with Gasteiger partial charge in [0.05, 0.1) is 26.3 Å². The van der Waals surface area contributed by atoms with Gasteiger partial charge in [-0.1, -0.05) is 97.0 Å². The van der Waals surface area contributed by atoms with E-state index in [1.165, 1.54) is 16.4 Å². The van der Waals surface area contributed by atoms with Crippen molar-refractivity contribution in [3.8, 4) is 5.75 Å². The summed E-state index contributed by atoms with van der Waals surface area (Å²) in [5.41, 5.74) is 4.51. The molecule has 0 radical (unpaired) electrons. The molecule has 0 aliphatic carbocycles. The molecule has 0 aromatic heterocycles. The quantitative estimate of drug-likeness (QED) is 0.191. The fraction of sp³-hybridized carbons (Fsp3) is 0.176. The van der Waals surface area contributed by atoms with Gasteiger partial charge < -0.3 is 10.4 Å². The molecule has 2 N–H and O–H groups in total. The summed E-state index contributed by atoms with van der Waals surface area (Å²) in [6.45, 7) is 9.99. The molecule has 0 unspecified atom stereocenters. The van der Waals surface area contributed by atoms with Crippen LogP contribution in [0, 0.1) is 13.8 Å². The van der Waals surface area contributed by atoms with Crippen molar-refractivity contribution in [2.24, 2.45) is 0 Å². The monoisotopic (exact) mass is 652 g/mol. The minimum absolute atomic E-state index is 0.0751. The van der Waals surface area contributed by atoms with E-state index in [9.17, 15) is 13.5 Å². The number of phenols is 1. The lowest BCUT2D eigenvalue weighted by Gasteiger charge is -2.33. The number of aryl methyl sites for hydroxylation is 2. The number of halogens is 3. The van der Waals surface area contributed by atoms with Crippen LogP contribution >= 0.6 is 34.8 Å². The molecule has 0 aliphatic rings. The van der Waals surface area contributed by atoms with Crippen LogP contribution in [0.25, 0.3) is 10.8 Å². The van der Waals surface area contributed by atoms with E-state index in [4.69, 9.17) is 34.8 Å². The molecule has 5 nitrogen and oxygen atoms in total. The van der Waals surface area contributed by atoms with Crippen LogP contribution in [0.1, 0.15) is 37.5 Å². The van der Waals surface area contributed by atoms with Crippen molar-refractivity contribution in [1.82, 2.24) is 0 Å². The predicted molar refractivity (Wildman–Crippen MR) is 181 cm³/mol. The second kappa shape index (κ2) is 11.6. The van der Waals surface area contributed by atoms with Crippen molar-refractivity contribution in [2.75, 3.05) is 9.62 Å². The number of nitrogens with one attached hydrogen (secondary N) is 1. The minimum atomic E-state index is -4.25. The predicted octanol–water partition coefficient (Wildman–Crippen LogP) is 10.7. The molecule has 0 bridgehead atoms. The molecule has 0 amide bonds. The van der Waals surface area contributed by atoms with Gasteiger partial charge in [-0.2, -0.15) is 0 Å². The van der Waals surface area contributed by atoms with E-state index in [1.54, 1.807) is 30.3 Å². The van der Waals surface area contributed by atoms with E-state index in [1.807, 2.05) is 77.1 Å². The normalized spacial score (nSPS) is 12.0. The molecule has 0 heterocycles. The Morgan fingerprint density at radius 2 is 1.30 bits per heavy atom. The van der Waals surface area contributed by atoms with Crippen molar-refractivity contribution in [3.63, 3.8) is 0 Å². The number of benzene rings is 5. The summed E-state index contributed by atoms with van der Waals surface area (Å²) in [5, 5.41) is 15.6.